The van der Waals surface area contributed by atoms with Crippen molar-refractivity contribution in [3.05, 3.63) is 47.5 Å². The van der Waals surface area contributed by atoms with Gasteiger partial charge in [-0.3, -0.25) is 0 Å². The Morgan fingerprint density at radius 2 is 1.04 bits per heavy atom. The van der Waals surface area contributed by atoms with Crippen molar-refractivity contribution in [1.29, 1.82) is 0 Å². The summed E-state index contributed by atoms with van der Waals surface area (Å²) in [6.45, 7) is -7.34. The van der Waals surface area contributed by atoms with Crippen LogP contribution in [0.2, 0.25) is 0 Å². The summed E-state index contributed by atoms with van der Waals surface area (Å²) in [5, 5.41) is 56.4. The molecule has 0 saturated carbocycles. The van der Waals surface area contributed by atoms with E-state index in [-0.39, 0.29) is 17.3 Å². The van der Waals surface area contributed by atoms with Gasteiger partial charge in [0, 0.05) is 6.42 Å². The van der Waals surface area contributed by atoms with Crippen molar-refractivity contribution < 1.29 is 39.6 Å². The maximum Gasteiger partial charge on any atom is 0.402 e. The Hall–Kier alpha value is -2.07. The van der Waals surface area contributed by atoms with Gasteiger partial charge in [0.2, 0.25) is 0 Å². The fourth-order valence-corrected chi connectivity index (χ4v) is 2.56. The van der Waals surface area contributed by atoms with Crippen molar-refractivity contribution in [2.75, 3.05) is 14.2 Å². The van der Waals surface area contributed by atoms with Crippen LogP contribution in [-0.4, -0.2) is 57.9 Å². The van der Waals surface area contributed by atoms with E-state index in [1.54, 1.807) is 0 Å². The Balaban J connectivity index is 2.51. The van der Waals surface area contributed by atoms with E-state index in [2.05, 4.69) is 0 Å². The third-order valence-corrected chi connectivity index (χ3v) is 3.88. The summed E-state index contributed by atoms with van der Waals surface area (Å²) >= 11 is 0. The first-order chi connectivity index (χ1) is 11.6. The van der Waals surface area contributed by atoms with E-state index in [0.29, 0.717) is 22.6 Å². The van der Waals surface area contributed by atoms with Crippen molar-refractivity contribution in [3.8, 4) is 11.5 Å². The smallest absolute Gasteiger partial charge is 0.402 e. The summed E-state index contributed by atoms with van der Waals surface area (Å²) < 4.78 is 10.5. The zero-order valence-electron chi connectivity index (χ0n) is 13.8. The quantitative estimate of drug-likeness (QED) is 0.316. The first-order valence-electron chi connectivity index (χ1n) is 7.53. The van der Waals surface area contributed by atoms with Gasteiger partial charge in [-0.2, -0.15) is 0 Å². The lowest BCUT2D eigenvalue weighted by Gasteiger charge is -2.24. The van der Waals surface area contributed by atoms with Gasteiger partial charge in [0.25, 0.3) is 0 Å². The van der Waals surface area contributed by atoms with E-state index >= 15 is 0 Å². The molecule has 0 heterocycles. The highest BCUT2D eigenvalue weighted by atomic mass is 16.6. The minimum absolute atomic E-state index is 0.101. The van der Waals surface area contributed by atoms with Gasteiger partial charge >= 0.3 is 13.5 Å². The molecule has 0 bridgehead atoms. The maximum atomic E-state index is 9.41. The molecule has 2 aromatic carbocycles. The molecule has 136 valence electrons. The van der Waals surface area contributed by atoms with Gasteiger partial charge in [-0.1, -0.05) is 24.3 Å². The fourth-order valence-electron chi connectivity index (χ4n) is 2.56. The van der Waals surface area contributed by atoms with Crippen molar-refractivity contribution in [2.24, 2.45) is 0 Å². The number of hydrogen-bond donors (Lipinski definition) is 6. The lowest BCUT2D eigenvalue weighted by molar-refractivity contribution is 0.248. The first kappa shape index (κ1) is 19.3. The van der Waals surface area contributed by atoms with Gasteiger partial charge in [-0.25, -0.2) is 0 Å². The predicted molar refractivity (Wildman–Crippen MR) is 92.9 cm³/mol. The molecule has 0 spiro atoms. The average molecular weight is 350 g/mol. The number of methoxy groups -OCH3 is 2. The minimum atomic E-state index is -3.67. The van der Waals surface area contributed by atoms with E-state index in [9.17, 15) is 30.1 Å². The fraction of sp³-hybridized carbons (Fsp3) is 0.200. The largest absolute Gasteiger partial charge is 0.556 e. The zero-order chi connectivity index (χ0) is 18.8. The van der Waals surface area contributed by atoms with Gasteiger partial charge in [-0.05, 0) is 23.3 Å². The molecule has 0 aliphatic rings. The number of hydrogen-bond acceptors (Lipinski definition) is 8. The molecule has 0 aliphatic heterocycles. The van der Waals surface area contributed by atoms with Crippen LogP contribution in [0.15, 0.2) is 36.4 Å². The van der Waals surface area contributed by atoms with Crippen LogP contribution in [0.3, 0.4) is 0 Å². The summed E-state index contributed by atoms with van der Waals surface area (Å²) in [7, 11) is 2.87. The van der Waals surface area contributed by atoms with E-state index in [1.807, 2.05) is 0 Å². The van der Waals surface area contributed by atoms with Crippen molar-refractivity contribution >= 4 is 24.4 Å². The highest BCUT2D eigenvalue weighted by Crippen LogP contribution is 2.25. The van der Waals surface area contributed by atoms with Crippen molar-refractivity contribution in [3.63, 3.8) is 0 Å². The van der Waals surface area contributed by atoms with Gasteiger partial charge in [0.1, 0.15) is 11.5 Å². The van der Waals surface area contributed by atoms with Gasteiger partial charge in [-0.15, -0.1) is 10.9 Å². The van der Waals surface area contributed by atoms with Crippen LogP contribution < -0.4 is 20.4 Å². The SMILES string of the molecule is COc1ccc([B-](O)(O)O)cc1Cc1cc([B-](O)(O)O)ccc1OC. The summed E-state index contributed by atoms with van der Waals surface area (Å²) in [6, 6.07) is 8.30. The van der Waals surface area contributed by atoms with Crippen molar-refractivity contribution in [1.82, 2.24) is 0 Å². The monoisotopic (exact) mass is 350 g/mol. The number of benzene rings is 2. The second-order valence-corrected chi connectivity index (χ2v) is 5.79. The topological polar surface area (TPSA) is 140 Å². The molecule has 0 atom stereocenters. The summed E-state index contributed by atoms with van der Waals surface area (Å²) in [5.41, 5.74) is 0.781. The Morgan fingerprint density at radius 1 is 0.680 bits per heavy atom. The molecule has 0 aliphatic carbocycles. The molecule has 6 N–H and O–H groups in total. The molecule has 2 aromatic rings. The Bertz CT molecular complexity index is 689. The lowest BCUT2D eigenvalue weighted by atomic mass is 9.69. The van der Waals surface area contributed by atoms with Crippen LogP contribution in [0, 0.1) is 0 Å². The third-order valence-electron chi connectivity index (χ3n) is 3.88. The molecule has 0 radical (unpaired) electrons. The van der Waals surface area contributed by atoms with Crippen LogP contribution in [-0.2, 0) is 6.42 Å². The molecular formula is C15H20B2O8-2. The highest BCUT2D eigenvalue weighted by Gasteiger charge is 2.22. The van der Waals surface area contributed by atoms with E-state index in [1.165, 1.54) is 50.6 Å². The van der Waals surface area contributed by atoms with Crippen LogP contribution in [0.4, 0.5) is 0 Å². The number of rotatable bonds is 6. The van der Waals surface area contributed by atoms with E-state index in [4.69, 9.17) is 9.47 Å². The van der Waals surface area contributed by atoms with Crippen LogP contribution in [0.5, 0.6) is 11.5 Å². The lowest BCUT2D eigenvalue weighted by Crippen LogP contribution is -2.49. The number of ether oxygens (including phenoxy) is 2. The first-order valence-corrected chi connectivity index (χ1v) is 7.53. The maximum absolute atomic E-state index is 9.41. The molecule has 0 fully saturated rings. The van der Waals surface area contributed by atoms with Crippen LogP contribution in [0.25, 0.3) is 0 Å². The summed E-state index contributed by atoms with van der Waals surface area (Å²) in [5.74, 6) is 0.843. The van der Waals surface area contributed by atoms with Crippen molar-refractivity contribution in [2.45, 2.75) is 6.42 Å². The molecule has 0 unspecified atom stereocenters. The molecule has 0 amide bonds. The molecule has 0 aromatic heterocycles. The Labute approximate surface area is 144 Å². The average Bonchev–Trinajstić information content (AvgIpc) is 2.53. The second-order valence-electron chi connectivity index (χ2n) is 5.79. The predicted octanol–water partition coefficient (Wildman–Crippen LogP) is -2.46. The molecule has 2 rings (SSSR count). The molecule has 0 saturated heterocycles. The highest BCUT2D eigenvalue weighted by molar-refractivity contribution is 6.72. The van der Waals surface area contributed by atoms with Gasteiger partial charge in [0.15, 0.2) is 0 Å². The Kier molecular flexibility index (Phi) is 5.43. The third kappa shape index (κ3) is 4.51. The molecule has 10 heteroatoms. The second kappa shape index (κ2) is 7.04. The minimum Gasteiger partial charge on any atom is -0.556 e. The summed E-state index contributed by atoms with van der Waals surface area (Å²) in [6.07, 6.45) is 0.145. The van der Waals surface area contributed by atoms with Gasteiger partial charge < -0.3 is 39.6 Å². The van der Waals surface area contributed by atoms with Crippen LogP contribution in [0.1, 0.15) is 11.1 Å². The molecule has 25 heavy (non-hydrogen) atoms. The van der Waals surface area contributed by atoms with Gasteiger partial charge in [0.05, 0.1) is 14.2 Å². The molecular weight excluding hydrogens is 330 g/mol. The molecule has 8 nitrogen and oxygen atoms in total. The summed E-state index contributed by atoms with van der Waals surface area (Å²) in [4.78, 5) is 0. The Morgan fingerprint density at radius 3 is 1.32 bits per heavy atom. The normalized spacial score (nSPS) is 12.2. The standard InChI is InChI=1S/C15H20B2O8/c1-24-14-5-3-12(16(18,19)20)8-10(14)7-11-9-13(17(21,22)23)4-6-15(11)25-2/h3-6,8-9,18-23H,7H2,1-2H3/q-2. The zero-order valence-corrected chi connectivity index (χ0v) is 13.8. The van der Waals surface area contributed by atoms with E-state index < -0.39 is 13.5 Å². The van der Waals surface area contributed by atoms with E-state index in [0.717, 1.165) is 0 Å². The van der Waals surface area contributed by atoms with Crippen LogP contribution >= 0.6 is 0 Å².